The van der Waals surface area contributed by atoms with Crippen molar-refractivity contribution in [3.05, 3.63) is 23.1 Å². The van der Waals surface area contributed by atoms with Crippen molar-refractivity contribution in [1.82, 2.24) is 19.7 Å². The van der Waals surface area contributed by atoms with Gasteiger partial charge in [-0.1, -0.05) is 0 Å². The number of anilines is 1. The van der Waals surface area contributed by atoms with Gasteiger partial charge in [0.25, 0.3) is 5.95 Å². The molecule has 2 heterocycles. The standard InChI is InChI=1S/C13H19N5O/c1-7(2)19-11-6-8(3)15-13(16-11)18-10(5)12(14)9(4)17-18/h6-7H,14H2,1-5H3. The van der Waals surface area contributed by atoms with E-state index in [1.54, 1.807) is 10.7 Å². The van der Waals surface area contributed by atoms with Gasteiger partial charge in [0, 0.05) is 11.8 Å². The van der Waals surface area contributed by atoms with E-state index >= 15 is 0 Å². The molecule has 0 unspecified atom stereocenters. The lowest BCUT2D eigenvalue weighted by atomic mass is 10.3. The van der Waals surface area contributed by atoms with Crippen LogP contribution in [0.15, 0.2) is 6.07 Å². The Morgan fingerprint density at radius 2 is 1.89 bits per heavy atom. The smallest absolute Gasteiger partial charge is 0.254 e. The Kier molecular flexibility index (Phi) is 3.42. The Labute approximate surface area is 112 Å². The van der Waals surface area contributed by atoms with Crippen molar-refractivity contribution in [1.29, 1.82) is 0 Å². The second-order valence-electron chi connectivity index (χ2n) is 4.81. The zero-order chi connectivity index (χ0) is 14.2. The predicted octanol–water partition coefficient (Wildman–Crippen LogP) is 1.96. The van der Waals surface area contributed by atoms with Gasteiger partial charge in [-0.05, 0) is 34.6 Å². The molecule has 0 saturated heterocycles. The summed E-state index contributed by atoms with van der Waals surface area (Å²) in [7, 11) is 0. The van der Waals surface area contributed by atoms with Crippen molar-refractivity contribution in [2.24, 2.45) is 0 Å². The van der Waals surface area contributed by atoms with E-state index in [-0.39, 0.29) is 6.10 Å². The molecule has 0 spiro atoms. The first-order valence-corrected chi connectivity index (χ1v) is 6.23. The monoisotopic (exact) mass is 261 g/mol. The molecule has 2 aromatic heterocycles. The quantitative estimate of drug-likeness (QED) is 0.913. The largest absolute Gasteiger partial charge is 0.475 e. The molecule has 0 amide bonds. The maximum Gasteiger partial charge on any atom is 0.254 e. The van der Waals surface area contributed by atoms with Crippen molar-refractivity contribution >= 4 is 5.69 Å². The van der Waals surface area contributed by atoms with Gasteiger partial charge in [-0.3, -0.25) is 0 Å². The summed E-state index contributed by atoms with van der Waals surface area (Å²) in [5, 5.41) is 4.35. The van der Waals surface area contributed by atoms with Gasteiger partial charge in [0.2, 0.25) is 5.88 Å². The van der Waals surface area contributed by atoms with E-state index in [1.807, 2.05) is 34.6 Å². The van der Waals surface area contributed by atoms with Crippen molar-refractivity contribution in [3.63, 3.8) is 0 Å². The van der Waals surface area contributed by atoms with Gasteiger partial charge in [0.05, 0.1) is 23.2 Å². The molecule has 2 aromatic rings. The molecule has 6 heteroatoms. The van der Waals surface area contributed by atoms with Crippen LogP contribution < -0.4 is 10.5 Å². The van der Waals surface area contributed by atoms with Crippen molar-refractivity contribution in [3.8, 4) is 11.8 Å². The lowest BCUT2D eigenvalue weighted by Gasteiger charge is -2.11. The number of aryl methyl sites for hydroxylation is 2. The summed E-state index contributed by atoms with van der Waals surface area (Å²) < 4.78 is 7.25. The Hall–Kier alpha value is -2.11. The Morgan fingerprint density at radius 1 is 1.21 bits per heavy atom. The van der Waals surface area contributed by atoms with Gasteiger partial charge in [-0.2, -0.15) is 10.1 Å². The van der Waals surface area contributed by atoms with E-state index in [4.69, 9.17) is 10.5 Å². The van der Waals surface area contributed by atoms with E-state index in [0.717, 1.165) is 17.1 Å². The van der Waals surface area contributed by atoms with Crippen LogP contribution in [0.4, 0.5) is 5.69 Å². The summed E-state index contributed by atoms with van der Waals surface area (Å²) in [5.41, 5.74) is 9.02. The third-order valence-corrected chi connectivity index (χ3v) is 2.71. The normalized spacial score (nSPS) is 11.1. The van der Waals surface area contributed by atoms with Gasteiger partial charge in [-0.25, -0.2) is 9.67 Å². The number of hydrogen-bond acceptors (Lipinski definition) is 5. The second kappa shape index (κ2) is 4.87. The average Bonchev–Trinajstić information content (AvgIpc) is 2.55. The topological polar surface area (TPSA) is 78.8 Å². The number of aromatic nitrogens is 4. The van der Waals surface area contributed by atoms with Crippen LogP contribution in [0.5, 0.6) is 5.88 Å². The summed E-state index contributed by atoms with van der Waals surface area (Å²) >= 11 is 0. The fraction of sp³-hybridized carbons (Fsp3) is 0.462. The van der Waals surface area contributed by atoms with E-state index in [1.165, 1.54) is 0 Å². The molecule has 0 fully saturated rings. The van der Waals surface area contributed by atoms with E-state index in [9.17, 15) is 0 Å². The number of ether oxygens (including phenoxy) is 1. The van der Waals surface area contributed by atoms with Gasteiger partial charge in [0.1, 0.15) is 0 Å². The summed E-state index contributed by atoms with van der Waals surface area (Å²) in [6.07, 6.45) is 0.0627. The van der Waals surface area contributed by atoms with Crippen LogP contribution in [0.25, 0.3) is 5.95 Å². The lowest BCUT2D eigenvalue weighted by molar-refractivity contribution is 0.231. The molecule has 19 heavy (non-hydrogen) atoms. The summed E-state index contributed by atoms with van der Waals surface area (Å²) in [6.45, 7) is 9.56. The van der Waals surface area contributed by atoms with Crippen LogP contribution in [0, 0.1) is 20.8 Å². The Morgan fingerprint density at radius 3 is 2.42 bits per heavy atom. The number of nitrogen functional groups attached to an aromatic ring is 1. The fourth-order valence-corrected chi connectivity index (χ4v) is 1.77. The summed E-state index contributed by atoms with van der Waals surface area (Å²) in [5.74, 6) is 1.02. The lowest BCUT2D eigenvalue weighted by Crippen LogP contribution is -2.11. The highest BCUT2D eigenvalue weighted by molar-refractivity contribution is 5.48. The number of nitrogens with two attached hydrogens (primary N) is 1. The summed E-state index contributed by atoms with van der Waals surface area (Å²) in [6, 6.07) is 1.80. The van der Waals surface area contributed by atoms with Gasteiger partial charge >= 0.3 is 0 Å². The molecule has 0 aliphatic carbocycles. The zero-order valence-electron chi connectivity index (χ0n) is 11.9. The maximum absolute atomic E-state index is 5.93. The molecular weight excluding hydrogens is 242 g/mol. The number of rotatable bonds is 3. The maximum atomic E-state index is 5.93. The van der Waals surface area contributed by atoms with Gasteiger partial charge < -0.3 is 10.5 Å². The van der Waals surface area contributed by atoms with E-state index in [2.05, 4.69) is 15.1 Å². The minimum atomic E-state index is 0.0627. The van der Waals surface area contributed by atoms with E-state index < -0.39 is 0 Å². The summed E-state index contributed by atoms with van der Waals surface area (Å²) in [4.78, 5) is 8.75. The molecule has 0 aliphatic heterocycles. The number of hydrogen-bond donors (Lipinski definition) is 1. The molecule has 0 radical (unpaired) electrons. The highest BCUT2D eigenvalue weighted by Gasteiger charge is 2.13. The molecule has 102 valence electrons. The first kappa shape index (κ1) is 13.3. The molecule has 2 N–H and O–H groups in total. The van der Waals surface area contributed by atoms with Crippen LogP contribution in [0.2, 0.25) is 0 Å². The fourth-order valence-electron chi connectivity index (χ4n) is 1.77. The molecule has 0 atom stereocenters. The third-order valence-electron chi connectivity index (χ3n) is 2.71. The molecule has 6 nitrogen and oxygen atoms in total. The van der Waals surface area contributed by atoms with Gasteiger partial charge in [-0.15, -0.1) is 0 Å². The first-order chi connectivity index (χ1) is 8.88. The molecule has 2 rings (SSSR count). The Bertz CT molecular complexity index is 603. The minimum Gasteiger partial charge on any atom is -0.475 e. The van der Waals surface area contributed by atoms with E-state index in [0.29, 0.717) is 17.5 Å². The van der Waals surface area contributed by atoms with Crippen LogP contribution in [0.3, 0.4) is 0 Å². The van der Waals surface area contributed by atoms with Crippen LogP contribution in [0.1, 0.15) is 30.9 Å². The first-order valence-electron chi connectivity index (χ1n) is 6.23. The molecule has 0 bridgehead atoms. The minimum absolute atomic E-state index is 0.0627. The highest BCUT2D eigenvalue weighted by atomic mass is 16.5. The van der Waals surface area contributed by atoms with Crippen LogP contribution in [-0.2, 0) is 0 Å². The van der Waals surface area contributed by atoms with Crippen molar-refractivity contribution in [2.45, 2.75) is 40.7 Å². The number of nitrogens with zero attached hydrogens (tertiary/aromatic N) is 4. The van der Waals surface area contributed by atoms with Crippen molar-refractivity contribution in [2.75, 3.05) is 5.73 Å². The average molecular weight is 261 g/mol. The SMILES string of the molecule is Cc1cc(OC(C)C)nc(-n2nc(C)c(N)c2C)n1. The third kappa shape index (κ3) is 2.67. The molecular formula is C13H19N5O. The zero-order valence-corrected chi connectivity index (χ0v) is 11.9. The molecule has 0 saturated carbocycles. The van der Waals surface area contributed by atoms with Crippen molar-refractivity contribution < 1.29 is 4.74 Å². The Balaban J connectivity index is 2.49. The van der Waals surface area contributed by atoms with Crippen LogP contribution >= 0.6 is 0 Å². The molecule has 0 aliphatic rings. The van der Waals surface area contributed by atoms with Crippen LogP contribution in [-0.4, -0.2) is 25.9 Å². The van der Waals surface area contributed by atoms with Gasteiger partial charge in [0.15, 0.2) is 0 Å². The second-order valence-corrected chi connectivity index (χ2v) is 4.81. The predicted molar refractivity (Wildman–Crippen MR) is 73.5 cm³/mol. The highest BCUT2D eigenvalue weighted by Crippen LogP contribution is 2.19. The molecule has 0 aromatic carbocycles.